The number of benzene rings is 3. The van der Waals surface area contributed by atoms with Crippen LogP contribution in [0.15, 0.2) is 66.7 Å². The predicted octanol–water partition coefficient (Wildman–Crippen LogP) is 3.95. The lowest BCUT2D eigenvalue weighted by atomic mass is 10.1. The molecular weight excluding hydrogens is 386 g/mol. The number of carbonyl (C=O) groups excluding carboxylic acids is 2. The van der Waals surface area contributed by atoms with Gasteiger partial charge in [0.05, 0.1) is 7.11 Å². The second kappa shape index (κ2) is 9.00. The van der Waals surface area contributed by atoms with Crippen LogP contribution in [0.3, 0.4) is 0 Å². The summed E-state index contributed by atoms with van der Waals surface area (Å²) < 4.78 is 10.6. The average molecular weight is 407 g/mol. The lowest BCUT2D eigenvalue weighted by molar-refractivity contribution is -0.125. The van der Waals surface area contributed by atoms with Gasteiger partial charge < -0.3 is 25.0 Å². The first kappa shape index (κ1) is 20.7. The molecule has 30 heavy (non-hydrogen) atoms. The maximum absolute atomic E-state index is 12.9. The molecule has 1 amide bonds. The van der Waals surface area contributed by atoms with Crippen LogP contribution in [-0.4, -0.2) is 29.2 Å². The molecule has 0 fully saturated rings. The van der Waals surface area contributed by atoms with E-state index in [1.165, 1.54) is 19.2 Å². The van der Waals surface area contributed by atoms with Crippen molar-refractivity contribution in [1.82, 2.24) is 0 Å². The van der Waals surface area contributed by atoms with Gasteiger partial charge in [0.1, 0.15) is 11.3 Å². The van der Waals surface area contributed by atoms with Gasteiger partial charge in [0.2, 0.25) is 6.10 Å². The Morgan fingerprint density at radius 2 is 1.67 bits per heavy atom. The highest BCUT2D eigenvalue weighted by Crippen LogP contribution is 2.33. The minimum atomic E-state index is -1.28. The van der Waals surface area contributed by atoms with Crippen molar-refractivity contribution in [1.29, 1.82) is 0 Å². The lowest BCUT2D eigenvalue weighted by Crippen LogP contribution is -2.26. The Balaban J connectivity index is 1.89. The molecule has 7 heteroatoms. The Kier molecular flexibility index (Phi) is 6.22. The molecule has 1 atom stereocenters. The summed E-state index contributed by atoms with van der Waals surface area (Å²) >= 11 is 0. The number of carbonyl (C=O) groups is 2. The number of hydrogen-bond donors (Lipinski definition) is 3. The van der Waals surface area contributed by atoms with Crippen LogP contribution in [0.4, 0.5) is 5.69 Å². The standard InChI is InChI=1S/C23H21NO6/c1-14-11-12-18(20(26)19(14)25)23(28)30-21(15-7-4-3-5-8-15)22(27)24-16-9-6-10-17(13-16)29-2/h3-13,21,25-26H,1-2H3,(H,24,27). The third kappa shape index (κ3) is 4.52. The number of anilines is 1. The van der Waals surface area contributed by atoms with Gasteiger partial charge in [-0.2, -0.15) is 0 Å². The Morgan fingerprint density at radius 3 is 2.37 bits per heavy atom. The summed E-state index contributed by atoms with van der Waals surface area (Å²) in [5.41, 5.74) is 1.07. The largest absolute Gasteiger partial charge is 0.504 e. The molecule has 0 aliphatic heterocycles. The normalized spacial score (nSPS) is 11.4. The van der Waals surface area contributed by atoms with E-state index in [9.17, 15) is 19.8 Å². The average Bonchev–Trinajstić information content (AvgIpc) is 2.76. The summed E-state index contributed by atoms with van der Waals surface area (Å²) in [5.74, 6) is -1.99. The molecule has 154 valence electrons. The summed E-state index contributed by atoms with van der Waals surface area (Å²) in [6, 6.07) is 18.0. The summed E-state index contributed by atoms with van der Waals surface area (Å²) in [6.45, 7) is 1.58. The highest BCUT2D eigenvalue weighted by molar-refractivity contribution is 5.99. The number of ether oxygens (including phenoxy) is 2. The number of phenolic OH excluding ortho intramolecular Hbond substituents is 2. The van der Waals surface area contributed by atoms with Gasteiger partial charge in [-0.05, 0) is 30.7 Å². The summed E-state index contributed by atoms with van der Waals surface area (Å²) in [5, 5.41) is 22.7. The first-order chi connectivity index (χ1) is 14.4. The molecule has 3 N–H and O–H groups in total. The van der Waals surface area contributed by atoms with Crippen molar-refractivity contribution in [2.24, 2.45) is 0 Å². The van der Waals surface area contributed by atoms with Gasteiger partial charge in [0.25, 0.3) is 5.91 Å². The molecule has 0 saturated heterocycles. The van der Waals surface area contributed by atoms with Crippen molar-refractivity contribution in [3.8, 4) is 17.2 Å². The molecule has 0 bridgehead atoms. The van der Waals surface area contributed by atoms with E-state index in [1.807, 2.05) is 0 Å². The number of phenols is 2. The number of amides is 1. The van der Waals surface area contributed by atoms with E-state index in [0.717, 1.165) is 0 Å². The van der Waals surface area contributed by atoms with Gasteiger partial charge >= 0.3 is 5.97 Å². The first-order valence-corrected chi connectivity index (χ1v) is 9.13. The fourth-order valence-corrected chi connectivity index (χ4v) is 2.83. The number of esters is 1. The van der Waals surface area contributed by atoms with Gasteiger partial charge in [-0.25, -0.2) is 4.79 Å². The van der Waals surface area contributed by atoms with Crippen LogP contribution in [0, 0.1) is 6.92 Å². The first-order valence-electron chi connectivity index (χ1n) is 9.13. The van der Waals surface area contributed by atoms with E-state index in [0.29, 0.717) is 22.6 Å². The molecule has 1 unspecified atom stereocenters. The molecule has 0 saturated carbocycles. The van der Waals surface area contributed by atoms with Crippen molar-refractivity contribution in [3.63, 3.8) is 0 Å². The van der Waals surface area contributed by atoms with Crippen molar-refractivity contribution in [2.45, 2.75) is 13.0 Å². The van der Waals surface area contributed by atoms with Crippen LogP contribution in [0.5, 0.6) is 17.2 Å². The molecule has 3 rings (SSSR count). The molecule has 3 aromatic rings. The molecule has 0 heterocycles. The molecule has 0 aromatic heterocycles. The lowest BCUT2D eigenvalue weighted by Gasteiger charge is -2.19. The second-order valence-electron chi connectivity index (χ2n) is 6.54. The number of aryl methyl sites for hydroxylation is 1. The second-order valence-corrected chi connectivity index (χ2v) is 6.54. The van der Waals surface area contributed by atoms with E-state index in [1.54, 1.807) is 61.5 Å². The zero-order chi connectivity index (χ0) is 21.7. The van der Waals surface area contributed by atoms with Crippen molar-refractivity contribution in [3.05, 3.63) is 83.4 Å². The maximum Gasteiger partial charge on any atom is 0.343 e. The van der Waals surface area contributed by atoms with E-state index >= 15 is 0 Å². The summed E-state index contributed by atoms with van der Waals surface area (Å²) in [7, 11) is 1.51. The predicted molar refractivity (Wildman–Crippen MR) is 111 cm³/mol. The Morgan fingerprint density at radius 1 is 0.933 bits per heavy atom. The number of nitrogens with one attached hydrogen (secondary N) is 1. The number of aromatic hydroxyl groups is 2. The monoisotopic (exact) mass is 407 g/mol. The zero-order valence-electron chi connectivity index (χ0n) is 16.5. The number of methoxy groups -OCH3 is 1. The van der Waals surface area contributed by atoms with Crippen molar-refractivity contribution < 1.29 is 29.3 Å². The van der Waals surface area contributed by atoms with Crippen LogP contribution < -0.4 is 10.1 Å². The number of hydrogen-bond acceptors (Lipinski definition) is 6. The number of rotatable bonds is 6. The van der Waals surface area contributed by atoms with Gasteiger partial charge in [-0.15, -0.1) is 0 Å². The van der Waals surface area contributed by atoms with Gasteiger partial charge in [0, 0.05) is 17.3 Å². The fourth-order valence-electron chi connectivity index (χ4n) is 2.83. The van der Waals surface area contributed by atoms with Crippen molar-refractivity contribution in [2.75, 3.05) is 12.4 Å². The van der Waals surface area contributed by atoms with Crippen LogP contribution in [-0.2, 0) is 9.53 Å². The van der Waals surface area contributed by atoms with E-state index in [4.69, 9.17) is 9.47 Å². The SMILES string of the molecule is COc1cccc(NC(=O)C(OC(=O)c2ccc(C)c(O)c2O)c2ccccc2)c1. The van der Waals surface area contributed by atoms with E-state index in [2.05, 4.69) is 5.32 Å². The highest BCUT2D eigenvalue weighted by Gasteiger charge is 2.28. The van der Waals surface area contributed by atoms with Gasteiger partial charge in [-0.3, -0.25) is 4.79 Å². The molecule has 0 spiro atoms. The zero-order valence-corrected chi connectivity index (χ0v) is 16.5. The third-order valence-corrected chi connectivity index (χ3v) is 4.48. The summed E-state index contributed by atoms with van der Waals surface area (Å²) in [6.07, 6.45) is -1.28. The molecule has 0 aliphatic carbocycles. The van der Waals surface area contributed by atoms with Gasteiger partial charge in [0.15, 0.2) is 11.5 Å². The Bertz CT molecular complexity index is 1060. The third-order valence-electron chi connectivity index (χ3n) is 4.48. The van der Waals surface area contributed by atoms with Gasteiger partial charge in [-0.1, -0.05) is 42.5 Å². The smallest absolute Gasteiger partial charge is 0.343 e. The topological polar surface area (TPSA) is 105 Å². The summed E-state index contributed by atoms with van der Waals surface area (Å²) in [4.78, 5) is 25.6. The Hall–Kier alpha value is -4.00. The van der Waals surface area contributed by atoms with E-state index < -0.39 is 29.5 Å². The van der Waals surface area contributed by atoms with Crippen LogP contribution in [0.1, 0.15) is 27.6 Å². The molecule has 0 radical (unpaired) electrons. The minimum Gasteiger partial charge on any atom is -0.504 e. The molecule has 3 aromatic carbocycles. The Labute approximate surface area is 173 Å². The molecule has 7 nitrogen and oxygen atoms in total. The molecular formula is C23H21NO6. The maximum atomic E-state index is 12.9. The van der Waals surface area contributed by atoms with E-state index in [-0.39, 0.29) is 5.56 Å². The fraction of sp³-hybridized carbons (Fsp3) is 0.130. The van der Waals surface area contributed by atoms with Crippen LogP contribution in [0.25, 0.3) is 0 Å². The highest BCUT2D eigenvalue weighted by atomic mass is 16.5. The quantitative estimate of drug-likeness (QED) is 0.422. The van der Waals surface area contributed by atoms with Crippen molar-refractivity contribution >= 4 is 17.6 Å². The molecule has 0 aliphatic rings. The van der Waals surface area contributed by atoms with Crippen LogP contribution in [0.2, 0.25) is 0 Å². The van der Waals surface area contributed by atoms with Crippen LogP contribution >= 0.6 is 0 Å². The minimum absolute atomic E-state index is 0.242.